The van der Waals surface area contributed by atoms with E-state index >= 15 is 0 Å². The molecule has 0 radical (unpaired) electrons. The van der Waals surface area contributed by atoms with Crippen molar-refractivity contribution < 1.29 is 23.1 Å². The molecule has 0 bridgehead atoms. The Morgan fingerprint density at radius 3 is 2.24 bits per heavy atom. The van der Waals surface area contributed by atoms with Gasteiger partial charge in [-0.1, -0.05) is 18.2 Å². The standard InChI is InChI=1S/C27H31N5O5S/c1-18-16-20(8-9-22(18)19-6-5-7-21(33)17-19)26(35)32-14-12-31(13-15-32)24-11-10-23(28-29-24)25(34)30-38(36,37)27(2,3)4/h5-11,16-17,33H,12-15H2,1-4H3,(H,30,34). The molecule has 38 heavy (non-hydrogen) atoms. The van der Waals surface area contributed by atoms with E-state index < -0.39 is 20.7 Å². The number of nitrogens with zero attached hydrogens (tertiary/aromatic N) is 4. The Labute approximate surface area is 222 Å². The number of hydrogen-bond donors (Lipinski definition) is 2. The fraction of sp³-hybridized carbons (Fsp3) is 0.333. The number of anilines is 1. The number of aromatic nitrogens is 2. The van der Waals surface area contributed by atoms with Gasteiger partial charge in [0, 0.05) is 31.7 Å². The number of carbonyl (C=O) groups excluding carboxylic acids is 2. The van der Waals surface area contributed by atoms with Gasteiger partial charge in [0.1, 0.15) is 5.75 Å². The molecular weight excluding hydrogens is 506 g/mol. The summed E-state index contributed by atoms with van der Waals surface area (Å²) < 4.78 is 25.3. The zero-order chi connectivity index (χ0) is 27.7. The van der Waals surface area contributed by atoms with E-state index in [2.05, 4.69) is 10.2 Å². The fourth-order valence-electron chi connectivity index (χ4n) is 4.06. The number of benzene rings is 2. The summed E-state index contributed by atoms with van der Waals surface area (Å²) in [4.78, 5) is 29.2. The van der Waals surface area contributed by atoms with Crippen LogP contribution in [0.2, 0.25) is 0 Å². The van der Waals surface area contributed by atoms with Gasteiger partial charge in [-0.2, -0.15) is 0 Å². The van der Waals surface area contributed by atoms with Gasteiger partial charge in [0.15, 0.2) is 11.5 Å². The first kappa shape index (κ1) is 27.1. The van der Waals surface area contributed by atoms with E-state index in [0.717, 1.165) is 16.7 Å². The minimum Gasteiger partial charge on any atom is -0.508 e. The van der Waals surface area contributed by atoms with Crippen LogP contribution in [0.5, 0.6) is 5.75 Å². The van der Waals surface area contributed by atoms with E-state index in [9.17, 15) is 23.1 Å². The number of aromatic hydroxyl groups is 1. The lowest BCUT2D eigenvalue weighted by Gasteiger charge is -2.35. The normalized spacial score (nSPS) is 14.3. The predicted octanol–water partition coefficient (Wildman–Crippen LogP) is 2.98. The van der Waals surface area contributed by atoms with Crippen molar-refractivity contribution in [3.63, 3.8) is 0 Å². The average Bonchev–Trinajstić information content (AvgIpc) is 2.87. The number of carbonyl (C=O) groups is 2. The third-order valence-electron chi connectivity index (χ3n) is 6.44. The molecule has 1 saturated heterocycles. The highest BCUT2D eigenvalue weighted by Gasteiger charge is 2.31. The van der Waals surface area contributed by atoms with E-state index in [0.29, 0.717) is 37.6 Å². The van der Waals surface area contributed by atoms with Crippen LogP contribution in [0.15, 0.2) is 54.6 Å². The summed E-state index contributed by atoms with van der Waals surface area (Å²) in [7, 11) is -3.86. The molecular formula is C27H31N5O5S. The SMILES string of the molecule is Cc1cc(C(=O)N2CCN(c3ccc(C(=O)NS(=O)(=O)C(C)(C)C)nn3)CC2)ccc1-c1cccc(O)c1. The van der Waals surface area contributed by atoms with Crippen LogP contribution in [0, 0.1) is 6.92 Å². The van der Waals surface area contributed by atoms with Crippen molar-refractivity contribution in [3.8, 4) is 16.9 Å². The van der Waals surface area contributed by atoms with E-state index in [1.807, 2.05) is 34.7 Å². The number of nitrogens with one attached hydrogen (secondary N) is 1. The highest BCUT2D eigenvalue weighted by molar-refractivity contribution is 7.91. The van der Waals surface area contributed by atoms with E-state index in [1.54, 1.807) is 35.2 Å². The highest BCUT2D eigenvalue weighted by Crippen LogP contribution is 2.27. The topological polar surface area (TPSA) is 133 Å². The maximum atomic E-state index is 13.1. The van der Waals surface area contributed by atoms with Crippen LogP contribution in [-0.2, 0) is 10.0 Å². The lowest BCUT2D eigenvalue weighted by molar-refractivity contribution is 0.0746. The number of hydrogen-bond acceptors (Lipinski definition) is 8. The third-order valence-corrected chi connectivity index (χ3v) is 8.50. The second-order valence-corrected chi connectivity index (χ2v) is 12.6. The largest absolute Gasteiger partial charge is 0.508 e. The second kappa shape index (κ2) is 10.4. The minimum atomic E-state index is -3.86. The number of amides is 2. The Bertz CT molecular complexity index is 1460. The third kappa shape index (κ3) is 5.77. The lowest BCUT2D eigenvalue weighted by atomic mass is 9.98. The molecule has 0 spiro atoms. The van der Waals surface area contributed by atoms with Gasteiger partial charge in [-0.05, 0) is 80.8 Å². The van der Waals surface area contributed by atoms with Crippen LogP contribution < -0.4 is 9.62 Å². The molecule has 10 nitrogen and oxygen atoms in total. The number of aryl methyl sites for hydroxylation is 1. The summed E-state index contributed by atoms with van der Waals surface area (Å²) >= 11 is 0. The van der Waals surface area contributed by atoms with Crippen LogP contribution in [-0.4, -0.2) is 71.4 Å². The summed E-state index contributed by atoms with van der Waals surface area (Å²) in [6.07, 6.45) is 0. The molecule has 1 aliphatic heterocycles. The Morgan fingerprint density at radius 2 is 1.66 bits per heavy atom. The summed E-state index contributed by atoms with van der Waals surface area (Å²) in [6, 6.07) is 15.6. The molecule has 4 rings (SSSR count). The molecule has 1 fully saturated rings. The zero-order valence-electron chi connectivity index (χ0n) is 21.8. The molecule has 3 aromatic rings. The quantitative estimate of drug-likeness (QED) is 0.508. The van der Waals surface area contributed by atoms with Crippen molar-refractivity contribution in [2.45, 2.75) is 32.4 Å². The van der Waals surface area contributed by atoms with Crippen LogP contribution in [0.25, 0.3) is 11.1 Å². The van der Waals surface area contributed by atoms with Crippen molar-refractivity contribution in [3.05, 3.63) is 71.4 Å². The molecule has 0 atom stereocenters. The smallest absolute Gasteiger partial charge is 0.285 e. The number of rotatable bonds is 5. The number of sulfonamides is 1. The Kier molecular flexibility index (Phi) is 7.41. The van der Waals surface area contributed by atoms with Gasteiger partial charge in [0.25, 0.3) is 11.8 Å². The molecule has 2 amide bonds. The minimum absolute atomic E-state index is 0.0617. The molecule has 200 valence electrons. The Balaban J connectivity index is 1.37. The molecule has 11 heteroatoms. The molecule has 2 aromatic carbocycles. The maximum Gasteiger partial charge on any atom is 0.285 e. The molecule has 2 heterocycles. The van der Waals surface area contributed by atoms with Crippen molar-refractivity contribution in [2.24, 2.45) is 0 Å². The number of phenols is 1. The van der Waals surface area contributed by atoms with Gasteiger partial charge in [-0.3, -0.25) is 9.59 Å². The van der Waals surface area contributed by atoms with Crippen molar-refractivity contribution >= 4 is 27.7 Å². The van der Waals surface area contributed by atoms with Crippen LogP contribution in [0.4, 0.5) is 5.82 Å². The van der Waals surface area contributed by atoms with Gasteiger partial charge in [0.05, 0.1) is 4.75 Å². The van der Waals surface area contributed by atoms with Gasteiger partial charge in [-0.15, -0.1) is 10.2 Å². The summed E-state index contributed by atoms with van der Waals surface area (Å²) in [5.74, 6) is -0.164. The molecule has 1 aliphatic rings. The first-order valence-electron chi connectivity index (χ1n) is 12.2. The van der Waals surface area contributed by atoms with E-state index in [1.165, 1.54) is 26.8 Å². The van der Waals surface area contributed by atoms with Crippen molar-refractivity contribution in [1.82, 2.24) is 19.8 Å². The highest BCUT2D eigenvalue weighted by atomic mass is 32.2. The molecule has 0 unspecified atom stereocenters. The number of phenolic OH excluding ortho intramolecular Hbond substituents is 1. The first-order chi connectivity index (χ1) is 17.9. The van der Waals surface area contributed by atoms with Crippen molar-refractivity contribution in [1.29, 1.82) is 0 Å². The maximum absolute atomic E-state index is 13.1. The van der Waals surface area contributed by atoms with Gasteiger partial charge >= 0.3 is 0 Å². The van der Waals surface area contributed by atoms with Crippen LogP contribution >= 0.6 is 0 Å². The van der Waals surface area contributed by atoms with E-state index in [4.69, 9.17) is 0 Å². The van der Waals surface area contributed by atoms with E-state index in [-0.39, 0.29) is 17.4 Å². The van der Waals surface area contributed by atoms with Crippen LogP contribution in [0.3, 0.4) is 0 Å². The fourth-order valence-corrected chi connectivity index (χ4v) is 4.71. The van der Waals surface area contributed by atoms with Gasteiger partial charge < -0.3 is 14.9 Å². The van der Waals surface area contributed by atoms with Crippen molar-refractivity contribution in [2.75, 3.05) is 31.1 Å². The zero-order valence-corrected chi connectivity index (χ0v) is 22.6. The Hall–Kier alpha value is -3.99. The molecule has 2 N–H and O–H groups in total. The summed E-state index contributed by atoms with van der Waals surface area (Å²) in [5.41, 5.74) is 3.28. The van der Waals surface area contributed by atoms with Gasteiger partial charge in [-0.25, -0.2) is 13.1 Å². The number of piperazine rings is 1. The Morgan fingerprint density at radius 1 is 0.947 bits per heavy atom. The molecule has 0 saturated carbocycles. The first-order valence-corrected chi connectivity index (χ1v) is 13.7. The van der Waals surface area contributed by atoms with Gasteiger partial charge in [0.2, 0.25) is 10.0 Å². The lowest BCUT2D eigenvalue weighted by Crippen LogP contribution is -2.49. The molecule has 1 aromatic heterocycles. The molecule has 0 aliphatic carbocycles. The summed E-state index contributed by atoms with van der Waals surface area (Å²) in [6.45, 7) is 8.46. The predicted molar refractivity (Wildman–Crippen MR) is 145 cm³/mol. The summed E-state index contributed by atoms with van der Waals surface area (Å²) in [5, 5.41) is 17.8. The second-order valence-electron chi connectivity index (χ2n) is 10.2. The van der Waals surface area contributed by atoms with Crippen LogP contribution in [0.1, 0.15) is 47.2 Å². The monoisotopic (exact) mass is 537 g/mol. The average molecular weight is 538 g/mol.